The number of ether oxygens (including phenoxy) is 5. The molecule has 4 aromatic rings. The third kappa shape index (κ3) is 5.72. The van der Waals surface area contributed by atoms with E-state index in [2.05, 4.69) is 45.3 Å². The number of aryl methyl sites for hydroxylation is 1. The van der Waals surface area contributed by atoms with Crippen molar-refractivity contribution in [3.05, 3.63) is 75.0 Å². The van der Waals surface area contributed by atoms with Crippen LogP contribution in [-0.2, 0) is 32.7 Å². The highest BCUT2D eigenvalue weighted by Crippen LogP contribution is 2.65. The molecular weight excluding hydrogens is 787 g/mol. The van der Waals surface area contributed by atoms with Gasteiger partial charge in [-0.2, -0.15) is 0 Å². The molecule has 2 unspecified atom stereocenters. The third-order valence-corrected chi connectivity index (χ3v) is 15.1. The maximum absolute atomic E-state index is 15.2. The Kier molecular flexibility index (Phi) is 9.43. The SMILES string of the molecule is COc1c(C)cc2c(c1O)[C@@H]1[C@@H]3[C@@H]4SC[C@]5(N[C@@H](CNC(C)C)Cc6c5[nH]c5ccccc65)C(=O)OCC[C@@H](c5c6c(c(C)c(OC(C)=O)c54)OCO6)N3C(O)(C2)CN1C. The van der Waals surface area contributed by atoms with E-state index in [1.54, 1.807) is 18.9 Å². The lowest BCUT2D eigenvalue weighted by Crippen LogP contribution is -2.69. The summed E-state index contributed by atoms with van der Waals surface area (Å²) in [6, 6.07) is 8.70. The van der Waals surface area contributed by atoms with Crippen molar-refractivity contribution in [1.82, 2.24) is 25.4 Å². The number of benzene rings is 3. The van der Waals surface area contributed by atoms with Crippen LogP contribution in [0.15, 0.2) is 30.3 Å². The van der Waals surface area contributed by atoms with Crippen LogP contribution in [0.2, 0.25) is 0 Å². The smallest absolute Gasteiger partial charge is 0.333 e. The van der Waals surface area contributed by atoms with E-state index in [1.807, 2.05) is 45.2 Å². The second-order valence-corrected chi connectivity index (χ2v) is 18.8. The fourth-order valence-electron chi connectivity index (χ4n) is 11.4. The summed E-state index contributed by atoms with van der Waals surface area (Å²) in [6.45, 7) is 10.3. The van der Waals surface area contributed by atoms with Gasteiger partial charge in [-0.3, -0.25) is 19.9 Å². The van der Waals surface area contributed by atoms with Crippen molar-refractivity contribution >= 4 is 34.6 Å². The summed E-state index contributed by atoms with van der Waals surface area (Å²) in [7, 11) is 3.54. The zero-order chi connectivity index (χ0) is 42.0. The van der Waals surface area contributed by atoms with E-state index in [0.29, 0.717) is 47.1 Å². The number of hydrogen-bond acceptors (Lipinski definition) is 14. The van der Waals surface area contributed by atoms with Gasteiger partial charge in [0.15, 0.2) is 28.5 Å². The maximum atomic E-state index is 15.2. The number of aromatic nitrogens is 1. The van der Waals surface area contributed by atoms with Gasteiger partial charge in [-0.05, 0) is 50.1 Å². The van der Waals surface area contributed by atoms with Crippen LogP contribution in [0.3, 0.4) is 0 Å². The fourth-order valence-corrected chi connectivity index (χ4v) is 13.1. The average Bonchev–Trinajstić information content (AvgIpc) is 3.79. The number of nitrogens with zero attached hydrogens (tertiary/aromatic N) is 2. The number of H-pyrrole nitrogens is 1. The van der Waals surface area contributed by atoms with Crippen LogP contribution < -0.4 is 29.6 Å². The van der Waals surface area contributed by atoms with Crippen molar-refractivity contribution < 1.29 is 43.5 Å². The molecule has 8 aliphatic rings. The number of carbonyl (C=O) groups excluding carboxylic acids is 2. The molecular formula is C45H53N5O9S. The first-order valence-electron chi connectivity index (χ1n) is 20.9. The minimum absolute atomic E-state index is 0.0174. The van der Waals surface area contributed by atoms with Crippen LogP contribution in [0.1, 0.15) is 89.2 Å². The number of fused-ring (bicyclic) bond motifs is 9. The van der Waals surface area contributed by atoms with Gasteiger partial charge >= 0.3 is 11.9 Å². The Morgan fingerprint density at radius 2 is 1.90 bits per heavy atom. The maximum Gasteiger partial charge on any atom is 0.333 e. The Bertz CT molecular complexity index is 2460. The molecule has 1 spiro atoms. The number of esters is 2. The third-order valence-electron chi connectivity index (χ3n) is 13.6. The number of aromatic hydroxyl groups is 1. The Morgan fingerprint density at radius 1 is 1.12 bits per heavy atom. The molecule has 8 atom stereocenters. The molecule has 5 N–H and O–H groups in total. The predicted molar refractivity (Wildman–Crippen MR) is 225 cm³/mol. The van der Waals surface area contributed by atoms with E-state index < -0.39 is 40.6 Å². The highest BCUT2D eigenvalue weighted by Gasteiger charge is 2.63. The number of phenols is 1. The zero-order valence-corrected chi connectivity index (χ0v) is 35.9. The number of piperazine rings is 1. The lowest BCUT2D eigenvalue weighted by Gasteiger charge is -2.60. The fraction of sp³-hybridized carbons (Fsp3) is 0.511. The summed E-state index contributed by atoms with van der Waals surface area (Å²) in [5.74, 6) is 1.17. The number of phenolic OH excluding ortho intramolecular Hbond substituents is 1. The van der Waals surface area contributed by atoms with Crippen molar-refractivity contribution in [2.24, 2.45) is 0 Å². The van der Waals surface area contributed by atoms with E-state index in [0.717, 1.165) is 44.4 Å². The number of aliphatic hydroxyl groups is 1. The average molecular weight is 840 g/mol. The first-order valence-corrected chi connectivity index (χ1v) is 22.0. The summed E-state index contributed by atoms with van der Waals surface area (Å²) >= 11 is 1.56. The van der Waals surface area contributed by atoms with E-state index in [1.165, 1.54) is 6.92 Å². The zero-order valence-electron chi connectivity index (χ0n) is 35.1. The van der Waals surface area contributed by atoms with E-state index in [9.17, 15) is 15.0 Å². The molecule has 15 heteroatoms. The second-order valence-electron chi connectivity index (χ2n) is 17.7. The van der Waals surface area contributed by atoms with Crippen LogP contribution in [0.25, 0.3) is 10.9 Å². The molecule has 0 aliphatic carbocycles. The van der Waals surface area contributed by atoms with Crippen LogP contribution in [0.5, 0.6) is 28.7 Å². The molecule has 2 fully saturated rings. The summed E-state index contributed by atoms with van der Waals surface area (Å²) in [5, 5.41) is 33.5. The van der Waals surface area contributed by atoms with Crippen LogP contribution >= 0.6 is 11.8 Å². The van der Waals surface area contributed by atoms with Gasteiger partial charge in [0.2, 0.25) is 6.79 Å². The molecule has 9 heterocycles. The van der Waals surface area contributed by atoms with Gasteiger partial charge in [0.25, 0.3) is 0 Å². The standard InChI is InChI=1S/C45H53N5O9S/c1-21(2)46-17-26-15-28-27-10-8-9-11-29(27)47-42(28)45(48-26)19-60-41-33-32(40-39(57-20-58-40)23(4)38(33)59-24(5)51)30(12-13-56-43(45)53)50-35(41)34-31-25(16-44(50,54)18-49(34)6)14-22(3)37(55-7)36(31)52/h8-11,14,21,26,30,34-35,41,46-48,52,54H,12-13,15-20H2,1-7H3/t26-,30+,34-,35-,41-,44?,45-/m1/s1. The predicted octanol–water partition coefficient (Wildman–Crippen LogP) is 4.94. The molecule has 0 amide bonds. The Hall–Kier alpha value is -4.51. The van der Waals surface area contributed by atoms with Gasteiger partial charge in [-0.15, -0.1) is 11.8 Å². The van der Waals surface area contributed by atoms with Gasteiger partial charge in [-0.25, -0.2) is 4.79 Å². The highest BCUT2D eigenvalue weighted by molar-refractivity contribution is 7.99. The molecule has 318 valence electrons. The van der Waals surface area contributed by atoms with E-state index in [-0.39, 0.29) is 62.3 Å². The Balaban J connectivity index is 1.24. The van der Waals surface area contributed by atoms with Crippen molar-refractivity contribution in [3.8, 4) is 28.7 Å². The number of hydrogen-bond donors (Lipinski definition) is 5. The van der Waals surface area contributed by atoms with Gasteiger partial charge < -0.3 is 44.2 Å². The minimum Gasteiger partial charge on any atom is -0.504 e. The molecule has 0 radical (unpaired) electrons. The Morgan fingerprint density at radius 3 is 2.67 bits per heavy atom. The summed E-state index contributed by atoms with van der Waals surface area (Å²) in [6.07, 6.45) is 1.19. The largest absolute Gasteiger partial charge is 0.504 e. The molecule has 2 saturated heterocycles. The highest BCUT2D eigenvalue weighted by atomic mass is 32.2. The molecule has 1 aromatic heterocycles. The lowest BCUT2D eigenvalue weighted by molar-refractivity contribution is -0.209. The molecule has 0 saturated carbocycles. The van der Waals surface area contributed by atoms with Crippen LogP contribution in [-0.4, -0.2) is 107 Å². The summed E-state index contributed by atoms with van der Waals surface area (Å²) < 4.78 is 31.0. The number of likely N-dealkylation sites (N-methyl/N-ethyl adjacent to an activating group) is 1. The second kappa shape index (κ2) is 14.3. The minimum atomic E-state index is -1.45. The van der Waals surface area contributed by atoms with E-state index >= 15 is 4.79 Å². The number of nitrogens with one attached hydrogen (secondary N) is 3. The topological polar surface area (TPSA) is 167 Å². The number of aromatic amines is 1. The van der Waals surface area contributed by atoms with Gasteiger partial charge in [-0.1, -0.05) is 38.1 Å². The molecule has 8 aliphatic heterocycles. The number of thioether (sulfide) groups is 1. The van der Waals surface area contributed by atoms with Gasteiger partial charge in [0, 0.05) is 95.9 Å². The van der Waals surface area contributed by atoms with Crippen LogP contribution in [0.4, 0.5) is 0 Å². The number of rotatable bonds is 5. The van der Waals surface area contributed by atoms with Gasteiger partial charge in [0.1, 0.15) is 11.5 Å². The first kappa shape index (κ1) is 39.6. The number of methoxy groups -OCH3 is 1. The molecule has 3 aromatic carbocycles. The van der Waals surface area contributed by atoms with Crippen LogP contribution in [0, 0.1) is 13.8 Å². The number of para-hydroxylation sites is 1. The Labute approximate surface area is 353 Å². The molecule has 14 nitrogen and oxygen atoms in total. The van der Waals surface area contributed by atoms with Crippen molar-refractivity contribution in [2.45, 2.75) is 101 Å². The van der Waals surface area contributed by atoms with Crippen molar-refractivity contribution in [3.63, 3.8) is 0 Å². The summed E-state index contributed by atoms with van der Waals surface area (Å²) in [5.41, 5.74) is 4.42. The molecule has 4 bridgehead atoms. The van der Waals surface area contributed by atoms with Crippen molar-refractivity contribution in [1.29, 1.82) is 0 Å². The van der Waals surface area contributed by atoms with Gasteiger partial charge in [0.05, 0.1) is 30.7 Å². The quantitative estimate of drug-likeness (QED) is 0.136. The van der Waals surface area contributed by atoms with E-state index in [4.69, 9.17) is 23.7 Å². The molecule has 60 heavy (non-hydrogen) atoms. The summed E-state index contributed by atoms with van der Waals surface area (Å²) in [4.78, 5) is 36.3. The van der Waals surface area contributed by atoms with Crippen molar-refractivity contribution in [2.75, 3.05) is 46.4 Å². The lowest BCUT2D eigenvalue weighted by atomic mass is 9.77. The first-order chi connectivity index (χ1) is 28.8. The molecule has 12 rings (SSSR count). The normalized spacial score (nSPS) is 30.3. The monoisotopic (exact) mass is 839 g/mol. The number of carbonyl (C=O) groups is 2.